The Morgan fingerprint density at radius 2 is 2.00 bits per heavy atom. The van der Waals surface area contributed by atoms with Gasteiger partial charge < -0.3 is 10.1 Å². The predicted octanol–water partition coefficient (Wildman–Crippen LogP) is 0.0470. The maximum atomic E-state index is 12.2. The Hall–Kier alpha value is -2.90. The molecule has 0 bridgehead atoms. The average molecular weight is 317 g/mol. The molecule has 0 saturated carbocycles. The van der Waals surface area contributed by atoms with Crippen molar-refractivity contribution in [3.63, 3.8) is 0 Å². The lowest BCUT2D eigenvalue weighted by molar-refractivity contribution is -0.143. The van der Waals surface area contributed by atoms with E-state index in [0.717, 1.165) is 5.56 Å². The number of nitrogens with one attached hydrogen (secondary N) is 1. The molecule has 1 aromatic carbocycles. The Morgan fingerprint density at radius 1 is 1.26 bits per heavy atom. The quantitative estimate of drug-likeness (QED) is 0.627. The van der Waals surface area contributed by atoms with Crippen LogP contribution >= 0.6 is 0 Å². The number of carbonyl (C=O) groups is 4. The largest absolute Gasteiger partial charge is 0.493 e. The second-order valence-electron chi connectivity index (χ2n) is 5.33. The van der Waals surface area contributed by atoms with E-state index >= 15 is 0 Å². The fraction of sp³-hybridized carbons (Fsp3) is 0.333. The highest BCUT2D eigenvalue weighted by Gasteiger charge is 2.43. The van der Waals surface area contributed by atoms with Gasteiger partial charge >= 0.3 is 17.8 Å². The van der Waals surface area contributed by atoms with Gasteiger partial charge in [-0.05, 0) is 6.07 Å². The Balaban J connectivity index is 1.68. The first-order chi connectivity index (χ1) is 11.0. The number of likely N-dealkylation sites (N-methyl/N-ethyl adjacent to an activating group) is 1. The summed E-state index contributed by atoms with van der Waals surface area (Å²) in [6.07, 6.45) is 0.587. The molecule has 8 nitrogen and oxygen atoms in total. The van der Waals surface area contributed by atoms with Gasteiger partial charge in [-0.25, -0.2) is 9.69 Å². The van der Waals surface area contributed by atoms with Crippen LogP contribution < -0.4 is 10.1 Å². The van der Waals surface area contributed by atoms with Crippen LogP contribution in [0, 0.1) is 0 Å². The minimum atomic E-state index is -0.986. The van der Waals surface area contributed by atoms with E-state index in [1.54, 1.807) is 0 Å². The first-order valence-electron chi connectivity index (χ1n) is 7.13. The van der Waals surface area contributed by atoms with Gasteiger partial charge in [0.05, 0.1) is 12.6 Å². The van der Waals surface area contributed by atoms with Crippen LogP contribution in [0.3, 0.4) is 0 Å². The molecule has 23 heavy (non-hydrogen) atoms. The molecule has 3 rings (SSSR count). The molecule has 1 aromatic rings. The van der Waals surface area contributed by atoms with Gasteiger partial charge in [-0.3, -0.25) is 19.3 Å². The van der Waals surface area contributed by atoms with E-state index in [0.29, 0.717) is 28.6 Å². The molecule has 1 atom stereocenters. The van der Waals surface area contributed by atoms with E-state index in [1.807, 2.05) is 24.3 Å². The molecular weight excluding hydrogens is 302 g/mol. The highest BCUT2D eigenvalue weighted by molar-refractivity contribution is 6.44. The number of carbonyl (C=O) groups excluding carboxylic acids is 4. The number of ether oxygens (including phenoxy) is 1. The number of hydrogen-bond acceptors (Lipinski definition) is 5. The molecule has 2 aliphatic heterocycles. The highest BCUT2D eigenvalue weighted by atomic mass is 16.5. The van der Waals surface area contributed by atoms with Crippen molar-refractivity contribution in [2.24, 2.45) is 0 Å². The summed E-state index contributed by atoms with van der Waals surface area (Å²) >= 11 is 0. The van der Waals surface area contributed by atoms with Gasteiger partial charge in [-0.15, -0.1) is 0 Å². The van der Waals surface area contributed by atoms with Crippen LogP contribution in [0.15, 0.2) is 24.3 Å². The van der Waals surface area contributed by atoms with Gasteiger partial charge in [0.2, 0.25) is 5.91 Å². The highest BCUT2D eigenvalue weighted by Crippen LogP contribution is 2.31. The molecule has 0 unspecified atom stereocenters. The first-order valence-corrected chi connectivity index (χ1v) is 7.13. The third-order valence-corrected chi connectivity index (χ3v) is 3.85. The number of urea groups is 1. The number of amides is 5. The predicted molar refractivity (Wildman–Crippen MR) is 77.3 cm³/mol. The van der Waals surface area contributed by atoms with Crippen molar-refractivity contribution in [2.75, 3.05) is 20.2 Å². The van der Waals surface area contributed by atoms with Crippen molar-refractivity contribution in [2.45, 2.75) is 12.5 Å². The van der Waals surface area contributed by atoms with E-state index in [-0.39, 0.29) is 6.04 Å². The zero-order valence-corrected chi connectivity index (χ0v) is 12.4. The van der Waals surface area contributed by atoms with E-state index in [4.69, 9.17) is 4.74 Å². The molecule has 1 N–H and O–H groups in total. The summed E-state index contributed by atoms with van der Waals surface area (Å²) in [5, 5.41) is 2.78. The smallest absolute Gasteiger partial charge is 0.334 e. The average Bonchev–Trinajstić information content (AvgIpc) is 2.73. The molecule has 0 aromatic heterocycles. The summed E-state index contributed by atoms with van der Waals surface area (Å²) in [5.74, 6) is -1.72. The van der Waals surface area contributed by atoms with Crippen LogP contribution in [0.5, 0.6) is 5.75 Å². The number of hydrogen-bond donors (Lipinski definition) is 1. The summed E-state index contributed by atoms with van der Waals surface area (Å²) < 4.78 is 5.51. The fourth-order valence-electron chi connectivity index (χ4n) is 2.63. The van der Waals surface area contributed by atoms with Gasteiger partial charge in [0.1, 0.15) is 12.3 Å². The second kappa shape index (κ2) is 5.71. The van der Waals surface area contributed by atoms with Crippen molar-refractivity contribution < 1.29 is 23.9 Å². The van der Waals surface area contributed by atoms with Gasteiger partial charge in [0.15, 0.2) is 0 Å². The summed E-state index contributed by atoms with van der Waals surface area (Å²) in [7, 11) is 1.20. The standard InChI is InChI=1S/C15H15N3O5/c1-17-13(20)14(21)18(15(17)22)8-12(19)16-10-6-7-23-11-5-3-2-4-9(10)11/h2-5,10H,6-8H2,1H3,(H,16,19)/t10-/m0/s1. The monoisotopic (exact) mass is 317 g/mol. The third kappa shape index (κ3) is 2.63. The zero-order chi connectivity index (χ0) is 16.6. The number of imide groups is 2. The Morgan fingerprint density at radius 3 is 2.70 bits per heavy atom. The minimum absolute atomic E-state index is 0.256. The van der Waals surface area contributed by atoms with E-state index in [2.05, 4.69) is 5.32 Å². The third-order valence-electron chi connectivity index (χ3n) is 3.85. The number of para-hydroxylation sites is 1. The molecule has 2 heterocycles. The molecule has 1 fully saturated rings. The van der Waals surface area contributed by atoms with Gasteiger partial charge in [-0.2, -0.15) is 0 Å². The van der Waals surface area contributed by atoms with Crippen molar-refractivity contribution in [1.82, 2.24) is 15.1 Å². The van der Waals surface area contributed by atoms with E-state index in [1.165, 1.54) is 7.05 Å². The minimum Gasteiger partial charge on any atom is -0.493 e. The van der Waals surface area contributed by atoms with Crippen molar-refractivity contribution >= 4 is 23.8 Å². The molecule has 0 aliphatic carbocycles. The number of nitrogens with zero attached hydrogens (tertiary/aromatic N) is 2. The Bertz CT molecular complexity index is 702. The maximum absolute atomic E-state index is 12.2. The maximum Gasteiger partial charge on any atom is 0.334 e. The van der Waals surface area contributed by atoms with Crippen molar-refractivity contribution in [1.29, 1.82) is 0 Å². The first kappa shape index (κ1) is 15.0. The normalized spacial score (nSPS) is 20.4. The van der Waals surface area contributed by atoms with Gasteiger partial charge in [0, 0.05) is 19.0 Å². The van der Waals surface area contributed by atoms with Crippen LogP contribution in [0.2, 0.25) is 0 Å². The Labute approximate surface area is 132 Å². The molecule has 5 amide bonds. The summed E-state index contributed by atoms with van der Waals surface area (Å²) in [6, 6.07) is 6.30. The van der Waals surface area contributed by atoms with Crippen LogP contribution in [0.1, 0.15) is 18.0 Å². The van der Waals surface area contributed by atoms with Crippen LogP contribution in [-0.4, -0.2) is 53.8 Å². The summed E-state index contributed by atoms with van der Waals surface area (Å²) in [6.45, 7) is -0.0158. The lowest BCUT2D eigenvalue weighted by Crippen LogP contribution is -2.43. The van der Waals surface area contributed by atoms with Crippen molar-refractivity contribution in [3.8, 4) is 5.75 Å². The second-order valence-corrected chi connectivity index (χ2v) is 5.33. The number of fused-ring (bicyclic) bond motifs is 1. The number of rotatable bonds is 3. The number of benzene rings is 1. The molecule has 1 saturated heterocycles. The van der Waals surface area contributed by atoms with E-state index in [9.17, 15) is 19.2 Å². The van der Waals surface area contributed by atoms with Crippen LogP contribution in [-0.2, 0) is 14.4 Å². The lowest BCUT2D eigenvalue weighted by atomic mass is 10.0. The fourth-order valence-corrected chi connectivity index (χ4v) is 2.63. The van der Waals surface area contributed by atoms with Crippen molar-refractivity contribution in [3.05, 3.63) is 29.8 Å². The molecule has 0 radical (unpaired) electrons. The topological polar surface area (TPSA) is 96.0 Å². The van der Waals surface area contributed by atoms with Gasteiger partial charge in [-0.1, -0.05) is 18.2 Å². The summed E-state index contributed by atoms with van der Waals surface area (Å²) in [4.78, 5) is 48.3. The SMILES string of the molecule is CN1C(=O)C(=O)N(CC(=O)N[C@H]2CCOc3ccccc32)C1=O. The van der Waals surface area contributed by atoms with Gasteiger partial charge in [0.25, 0.3) is 0 Å². The summed E-state index contributed by atoms with van der Waals surface area (Å²) in [5.41, 5.74) is 0.847. The van der Waals surface area contributed by atoms with E-state index < -0.39 is 30.3 Å². The van der Waals surface area contributed by atoms with Crippen LogP contribution in [0.4, 0.5) is 4.79 Å². The molecule has 120 valence electrons. The Kier molecular flexibility index (Phi) is 3.73. The molecule has 2 aliphatic rings. The lowest BCUT2D eigenvalue weighted by Gasteiger charge is -2.27. The van der Waals surface area contributed by atoms with Crippen LogP contribution in [0.25, 0.3) is 0 Å². The molecular formula is C15H15N3O5. The molecule has 0 spiro atoms. The zero-order valence-electron chi connectivity index (χ0n) is 12.4. The molecule has 8 heteroatoms.